The van der Waals surface area contributed by atoms with Crippen LogP contribution in [0.4, 0.5) is 0 Å². The van der Waals surface area contributed by atoms with Crippen molar-refractivity contribution in [2.75, 3.05) is 26.3 Å². The number of hydrogen-bond acceptors (Lipinski definition) is 4. The summed E-state index contributed by atoms with van der Waals surface area (Å²) in [6.45, 7) is 5.72. The molecule has 0 aliphatic rings. The van der Waals surface area contributed by atoms with Crippen molar-refractivity contribution in [3.8, 4) is 0 Å². The van der Waals surface area contributed by atoms with Crippen molar-refractivity contribution in [3.63, 3.8) is 0 Å². The van der Waals surface area contributed by atoms with Crippen LogP contribution in [0.15, 0.2) is 0 Å². The summed E-state index contributed by atoms with van der Waals surface area (Å²) >= 11 is 0. The van der Waals surface area contributed by atoms with Gasteiger partial charge in [-0.2, -0.15) is 0 Å². The van der Waals surface area contributed by atoms with Crippen molar-refractivity contribution < 1.29 is 31.9 Å². The zero-order valence-electron chi connectivity index (χ0n) is 11.8. The molecule has 0 aromatic rings. The SMILES string of the molecule is CCO.CCO.[CH2-]NCCCCCCN.[CH3-].[Ti+2]. The molecule has 5 heteroatoms. The average molecular weight is 284 g/mol. The normalized spacial score (nSPS) is 7.41. The number of nitrogens with one attached hydrogen (secondary N) is 1. The van der Waals surface area contributed by atoms with E-state index in [0.29, 0.717) is 0 Å². The van der Waals surface area contributed by atoms with Crippen LogP contribution in [0.1, 0.15) is 39.5 Å². The van der Waals surface area contributed by atoms with Crippen molar-refractivity contribution in [1.29, 1.82) is 0 Å². The molecule has 4 nitrogen and oxygen atoms in total. The van der Waals surface area contributed by atoms with E-state index in [0.717, 1.165) is 19.5 Å². The molecule has 0 spiro atoms. The number of aliphatic hydroxyl groups is 2. The van der Waals surface area contributed by atoms with E-state index in [-0.39, 0.29) is 42.4 Å². The van der Waals surface area contributed by atoms with Crippen molar-refractivity contribution in [2.24, 2.45) is 5.73 Å². The Kier molecular flexibility index (Phi) is 78.8. The van der Waals surface area contributed by atoms with E-state index >= 15 is 0 Å². The standard InChI is InChI=1S/C7H17N2.2C2H6O.CH3.Ti/c1-9-7-5-3-2-4-6-8;2*1-2-3;;/h9H,1-8H2;2*3H,2H2,1H3;1H3;/q-1;;;-1;+2. The van der Waals surface area contributed by atoms with Crippen molar-refractivity contribution in [3.05, 3.63) is 14.5 Å². The summed E-state index contributed by atoms with van der Waals surface area (Å²) < 4.78 is 0. The van der Waals surface area contributed by atoms with Gasteiger partial charge in [0.25, 0.3) is 0 Å². The number of rotatable bonds is 6. The summed E-state index contributed by atoms with van der Waals surface area (Å²) in [6, 6.07) is 0. The molecule has 106 valence electrons. The molecule has 0 atom stereocenters. The van der Waals surface area contributed by atoms with Crippen LogP contribution in [0.3, 0.4) is 0 Å². The molecule has 0 bridgehead atoms. The Bertz CT molecular complexity index is 71.5. The zero-order valence-corrected chi connectivity index (χ0v) is 13.4. The summed E-state index contributed by atoms with van der Waals surface area (Å²) in [5, 5.41) is 18.0. The number of hydrogen-bond donors (Lipinski definition) is 4. The minimum Gasteiger partial charge on any atom is -0.473 e. The fraction of sp³-hybridized carbons (Fsp3) is 0.833. The maximum absolute atomic E-state index is 7.57. The number of unbranched alkanes of at least 4 members (excludes halogenated alkanes) is 3. The van der Waals surface area contributed by atoms with Crippen LogP contribution in [0.2, 0.25) is 0 Å². The molecule has 5 N–H and O–H groups in total. The third-order valence-electron chi connectivity index (χ3n) is 1.31. The van der Waals surface area contributed by atoms with Gasteiger partial charge in [-0.25, -0.2) is 0 Å². The molecule has 0 heterocycles. The van der Waals surface area contributed by atoms with Crippen LogP contribution in [-0.4, -0.2) is 36.5 Å². The summed E-state index contributed by atoms with van der Waals surface area (Å²) in [4.78, 5) is 0. The third-order valence-corrected chi connectivity index (χ3v) is 1.31. The summed E-state index contributed by atoms with van der Waals surface area (Å²) in [6.07, 6.45) is 4.93. The van der Waals surface area contributed by atoms with Crippen LogP contribution in [-0.2, 0) is 21.7 Å². The molecule has 0 aromatic heterocycles. The maximum Gasteiger partial charge on any atom is 2.00 e. The monoisotopic (exact) mass is 284 g/mol. The molecular formula is C12H32N2O2Ti. The average Bonchev–Trinajstić information content (AvgIpc) is 2.20. The van der Waals surface area contributed by atoms with E-state index in [1.54, 1.807) is 13.8 Å². The quantitative estimate of drug-likeness (QED) is 0.337. The van der Waals surface area contributed by atoms with E-state index in [2.05, 4.69) is 12.4 Å². The number of aliphatic hydroxyl groups excluding tert-OH is 2. The van der Waals surface area contributed by atoms with Gasteiger partial charge in [-0.3, -0.25) is 7.05 Å². The molecule has 17 heavy (non-hydrogen) atoms. The zero-order chi connectivity index (χ0) is 12.4. The van der Waals surface area contributed by atoms with Gasteiger partial charge in [-0.15, -0.1) is 0 Å². The predicted octanol–water partition coefficient (Wildman–Crippen LogP) is 1.33. The van der Waals surface area contributed by atoms with Crippen molar-refractivity contribution >= 4 is 0 Å². The Labute approximate surface area is 123 Å². The Hall–Kier alpha value is 0.554. The molecule has 0 aliphatic heterocycles. The van der Waals surface area contributed by atoms with Gasteiger partial charge >= 0.3 is 21.7 Å². The molecule has 0 aliphatic carbocycles. The van der Waals surface area contributed by atoms with Crippen LogP contribution >= 0.6 is 0 Å². The first-order valence-corrected chi connectivity index (χ1v) is 5.66. The minimum absolute atomic E-state index is 0. The second kappa shape index (κ2) is 43.9. The molecule has 0 saturated carbocycles. The molecular weight excluding hydrogens is 252 g/mol. The number of nitrogens with two attached hydrogens (primary N) is 1. The van der Waals surface area contributed by atoms with E-state index in [1.807, 2.05) is 0 Å². The molecule has 0 saturated heterocycles. The van der Waals surface area contributed by atoms with E-state index < -0.39 is 0 Å². The summed E-state index contributed by atoms with van der Waals surface area (Å²) in [5.74, 6) is 0. The first kappa shape index (κ1) is 30.5. The second-order valence-corrected chi connectivity index (χ2v) is 2.84. The van der Waals surface area contributed by atoms with Crippen LogP contribution in [0, 0.1) is 14.5 Å². The van der Waals surface area contributed by atoms with Gasteiger partial charge in [0, 0.05) is 13.2 Å². The Morgan fingerprint density at radius 3 is 1.65 bits per heavy atom. The smallest absolute Gasteiger partial charge is 0.473 e. The Morgan fingerprint density at radius 1 is 1.00 bits per heavy atom. The minimum atomic E-state index is 0. The van der Waals surface area contributed by atoms with E-state index in [9.17, 15) is 0 Å². The van der Waals surface area contributed by atoms with Gasteiger partial charge in [0.2, 0.25) is 0 Å². The van der Waals surface area contributed by atoms with Gasteiger partial charge in [0.05, 0.1) is 0 Å². The van der Waals surface area contributed by atoms with E-state index in [4.69, 9.17) is 15.9 Å². The molecule has 0 unspecified atom stereocenters. The molecule has 0 fully saturated rings. The van der Waals surface area contributed by atoms with Crippen molar-refractivity contribution in [1.82, 2.24) is 5.32 Å². The van der Waals surface area contributed by atoms with Gasteiger partial charge < -0.3 is 28.7 Å². The predicted molar refractivity (Wildman–Crippen MR) is 72.8 cm³/mol. The van der Waals surface area contributed by atoms with Gasteiger partial charge in [0.15, 0.2) is 0 Å². The molecule has 0 aromatic carbocycles. The van der Waals surface area contributed by atoms with Crippen LogP contribution in [0.5, 0.6) is 0 Å². The first-order valence-electron chi connectivity index (χ1n) is 5.66. The van der Waals surface area contributed by atoms with E-state index in [1.165, 1.54) is 19.3 Å². The van der Waals surface area contributed by atoms with Crippen LogP contribution < -0.4 is 11.1 Å². The van der Waals surface area contributed by atoms with Crippen molar-refractivity contribution in [2.45, 2.75) is 39.5 Å². The Morgan fingerprint density at radius 2 is 1.35 bits per heavy atom. The first-order chi connectivity index (χ1) is 7.24. The molecule has 0 radical (unpaired) electrons. The van der Waals surface area contributed by atoms with Gasteiger partial charge in [-0.1, -0.05) is 12.8 Å². The fourth-order valence-corrected chi connectivity index (χ4v) is 0.748. The largest absolute Gasteiger partial charge is 2.00 e. The molecule has 0 amide bonds. The molecule has 0 rings (SSSR count). The fourth-order valence-electron chi connectivity index (χ4n) is 0.748. The summed E-state index contributed by atoms with van der Waals surface area (Å²) in [7, 11) is 3.53. The van der Waals surface area contributed by atoms with Gasteiger partial charge in [0.1, 0.15) is 0 Å². The summed E-state index contributed by atoms with van der Waals surface area (Å²) in [5.41, 5.74) is 5.32. The second-order valence-electron chi connectivity index (χ2n) is 2.84. The van der Waals surface area contributed by atoms with Crippen LogP contribution in [0.25, 0.3) is 0 Å². The van der Waals surface area contributed by atoms with Gasteiger partial charge in [-0.05, 0) is 39.8 Å². The third kappa shape index (κ3) is 81.6. The Balaban J connectivity index is -0.0000000514. The topological polar surface area (TPSA) is 78.5 Å². The maximum atomic E-state index is 7.57.